The van der Waals surface area contributed by atoms with Crippen molar-refractivity contribution in [3.05, 3.63) is 62.2 Å². The lowest BCUT2D eigenvalue weighted by atomic mass is 9.98. The number of aromatic nitrogens is 2. The van der Waals surface area contributed by atoms with Crippen molar-refractivity contribution in [1.82, 2.24) is 25.5 Å². The molecular formula is C28H37N7O3. The summed E-state index contributed by atoms with van der Waals surface area (Å²) in [6, 6.07) is 3.61. The minimum atomic E-state index is -0.389. The minimum absolute atomic E-state index is 0.0367. The highest BCUT2D eigenvalue weighted by atomic mass is 16.2. The van der Waals surface area contributed by atoms with E-state index in [0.29, 0.717) is 47.7 Å². The molecule has 38 heavy (non-hydrogen) atoms. The second-order valence-corrected chi connectivity index (χ2v) is 10.3. The molecule has 5 N–H and O–H groups in total. The molecule has 10 nitrogen and oxygen atoms in total. The number of nitrogens with zero attached hydrogens (tertiary/aromatic N) is 2. The molecule has 0 saturated carbocycles. The van der Waals surface area contributed by atoms with Crippen LogP contribution in [0.25, 0.3) is 5.57 Å². The summed E-state index contributed by atoms with van der Waals surface area (Å²) < 4.78 is 0. The maximum atomic E-state index is 13.4. The molecule has 0 aromatic carbocycles. The van der Waals surface area contributed by atoms with E-state index >= 15 is 0 Å². The van der Waals surface area contributed by atoms with Gasteiger partial charge in [-0.25, -0.2) is 4.98 Å². The van der Waals surface area contributed by atoms with E-state index < -0.39 is 0 Å². The van der Waals surface area contributed by atoms with Gasteiger partial charge in [0, 0.05) is 55.3 Å². The van der Waals surface area contributed by atoms with Crippen molar-refractivity contribution in [3.8, 4) is 0 Å². The molecule has 0 radical (unpaired) electrons. The highest BCUT2D eigenvalue weighted by Crippen LogP contribution is 2.27. The van der Waals surface area contributed by atoms with E-state index in [2.05, 4.69) is 20.9 Å². The molecule has 0 aliphatic carbocycles. The molecular weight excluding hydrogens is 482 g/mol. The zero-order valence-corrected chi connectivity index (χ0v) is 22.5. The highest BCUT2D eigenvalue weighted by molar-refractivity contribution is 6.05. The van der Waals surface area contributed by atoms with Crippen LogP contribution in [0.15, 0.2) is 23.0 Å². The fourth-order valence-electron chi connectivity index (χ4n) is 5.03. The summed E-state index contributed by atoms with van der Waals surface area (Å²) in [5.74, 6) is 0.288. The van der Waals surface area contributed by atoms with Crippen LogP contribution in [0.3, 0.4) is 0 Å². The number of hydrogen-bond donors (Lipinski definition) is 5. The molecule has 202 valence electrons. The molecule has 10 heteroatoms. The zero-order valence-electron chi connectivity index (χ0n) is 22.5. The van der Waals surface area contributed by atoms with Crippen LogP contribution in [0.4, 0.5) is 5.82 Å². The number of amides is 2. The van der Waals surface area contributed by atoms with Gasteiger partial charge < -0.3 is 31.2 Å². The van der Waals surface area contributed by atoms with Gasteiger partial charge in [0.05, 0.1) is 17.2 Å². The number of nitrogens with one attached hydrogen (secondary N) is 5. The largest absolute Gasteiger partial charge is 0.367 e. The first-order chi connectivity index (χ1) is 18.2. The Hall–Kier alpha value is -3.79. The normalized spacial score (nSPS) is 17.3. The number of hydrogen-bond acceptors (Lipinski definition) is 7. The number of aromatic amines is 1. The molecule has 2 aliphatic heterocycles. The van der Waals surface area contributed by atoms with E-state index in [4.69, 9.17) is 10.4 Å². The molecule has 2 aromatic rings. The Balaban J connectivity index is 1.61. The SMILES string of the molecule is Cc1cc(C)c(CNC(=O)c2cc(C3=CCN(C(=O)C4CCNC4)CC3)nc(NC(C)C)c2C=N)c(=O)[nH]1. The zero-order chi connectivity index (χ0) is 27.4. The Bertz CT molecular complexity index is 1320. The number of H-pyrrole nitrogens is 1. The fraction of sp³-hybridized carbons (Fsp3) is 0.464. The topological polar surface area (TPSA) is 143 Å². The first-order valence-corrected chi connectivity index (χ1v) is 13.2. The van der Waals surface area contributed by atoms with E-state index in [-0.39, 0.29) is 35.9 Å². The summed E-state index contributed by atoms with van der Waals surface area (Å²) in [4.78, 5) is 48.1. The van der Waals surface area contributed by atoms with Crippen LogP contribution in [0.1, 0.15) is 65.1 Å². The van der Waals surface area contributed by atoms with Crippen molar-refractivity contribution >= 4 is 29.4 Å². The Morgan fingerprint density at radius 1 is 1.29 bits per heavy atom. The molecule has 2 aromatic heterocycles. The monoisotopic (exact) mass is 519 g/mol. The first kappa shape index (κ1) is 27.3. The van der Waals surface area contributed by atoms with Gasteiger partial charge in [0.25, 0.3) is 11.5 Å². The summed E-state index contributed by atoms with van der Waals surface area (Å²) in [5.41, 5.74) is 4.13. The van der Waals surface area contributed by atoms with Crippen LogP contribution in [0, 0.1) is 25.2 Å². The molecule has 4 rings (SSSR count). The number of rotatable bonds is 8. The van der Waals surface area contributed by atoms with Crippen LogP contribution < -0.4 is 21.5 Å². The van der Waals surface area contributed by atoms with E-state index in [0.717, 1.165) is 42.6 Å². The Morgan fingerprint density at radius 3 is 2.68 bits per heavy atom. The number of carbonyl (C=O) groups is 2. The summed E-state index contributed by atoms with van der Waals surface area (Å²) in [7, 11) is 0. The second-order valence-electron chi connectivity index (χ2n) is 10.3. The highest BCUT2D eigenvalue weighted by Gasteiger charge is 2.29. The van der Waals surface area contributed by atoms with Gasteiger partial charge in [-0.15, -0.1) is 0 Å². The van der Waals surface area contributed by atoms with Crippen molar-refractivity contribution in [2.45, 2.75) is 53.1 Å². The number of aryl methyl sites for hydroxylation is 2. The van der Waals surface area contributed by atoms with Gasteiger partial charge in [0.15, 0.2) is 0 Å². The molecule has 4 heterocycles. The molecule has 1 atom stereocenters. The van der Waals surface area contributed by atoms with Crippen LogP contribution in [0.5, 0.6) is 0 Å². The third kappa shape index (κ3) is 6.02. The molecule has 1 unspecified atom stereocenters. The van der Waals surface area contributed by atoms with Crippen molar-refractivity contribution in [1.29, 1.82) is 5.41 Å². The van der Waals surface area contributed by atoms with Crippen molar-refractivity contribution in [2.24, 2.45) is 5.92 Å². The summed E-state index contributed by atoms with van der Waals surface area (Å²) in [5, 5.41) is 17.4. The lowest BCUT2D eigenvalue weighted by Gasteiger charge is -2.29. The standard InChI is InChI=1S/C28H37N7O3/c1-16(2)32-25-22(13-29)21(26(36)31-15-23-17(3)11-18(4)33-27(23)37)12-24(34-25)19-6-9-35(10-7-19)28(38)20-5-8-30-14-20/h6,11-13,16,20,29-30H,5,7-10,14-15H2,1-4H3,(H,31,36)(H,32,34)(H,33,37). The maximum absolute atomic E-state index is 13.4. The Labute approximate surface area is 222 Å². The summed E-state index contributed by atoms with van der Waals surface area (Å²) in [6.45, 7) is 10.4. The quantitative estimate of drug-likeness (QED) is 0.339. The van der Waals surface area contributed by atoms with Gasteiger partial charge in [0.1, 0.15) is 5.82 Å². The van der Waals surface area contributed by atoms with Gasteiger partial charge in [-0.2, -0.15) is 0 Å². The summed E-state index contributed by atoms with van der Waals surface area (Å²) in [6.07, 6.45) is 4.63. The van der Waals surface area contributed by atoms with Gasteiger partial charge >= 0.3 is 0 Å². The molecule has 1 saturated heterocycles. The van der Waals surface area contributed by atoms with Crippen molar-refractivity contribution in [2.75, 3.05) is 31.5 Å². The van der Waals surface area contributed by atoms with E-state index in [1.807, 2.05) is 44.7 Å². The number of carbonyl (C=O) groups excluding carboxylic acids is 2. The van der Waals surface area contributed by atoms with E-state index in [9.17, 15) is 14.4 Å². The lowest BCUT2D eigenvalue weighted by Crippen LogP contribution is -2.39. The first-order valence-electron chi connectivity index (χ1n) is 13.2. The smallest absolute Gasteiger partial charge is 0.253 e. The van der Waals surface area contributed by atoms with Crippen LogP contribution in [-0.2, 0) is 11.3 Å². The Morgan fingerprint density at radius 2 is 2.08 bits per heavy atom. The van der Waals surface area contributed by atoms with Crippen molar-refractivity contribution < 1.29 is 9.59 Å². The van der Waals surface area contributed by atoms with Gasteiger partial charge in [-0.05, 0) is 70.4 Å². The van der Waals surface area contributed by atoms with Gasteiger partial charge in [-0.1, -0.05) is 6.08 Å². The third-order valence-electron chi connectivity index (χ3n) is 7.05. The van der Waals surface area contributed by atoms with Crippen molar-refractivity contribution in [3.63, 3.8) is 0 Å². The molecule has 2 aliphatic rings. The second kappa shape index (κ2) is 11.7. The number of pyridine rings is 2. The third-order valence-corrected chi connectivity index (χ3v) is 7.05. The molecule has 2 amide bonds. The average molecular weight is 520 g/mol. The Kier molecular flexibility index (Phi) is 8.41. The predicted molar refractivity (Wildman–Crippen MR) is 149 cm³/mol. The molecule has 1 fully saturated rings. The van der Waals surface area contributed by atoms with E-state index in [1.54, 1.807) is 6.07 Å². The van der Waals surface area contributed by atoms with Gasteiger partial charge in [0.2, 0.25) is 5.91 Å². The number of anilines is 1. The van der Waals surface area contributed by atoms with Crippen LogP contribution in [0.2, 0.25) is 0 Å². The average Bonchev–Trinajstić information content (AvgIpc) is 3.42. The lowest BCUT2D eigenvalue weighted by molar-refractivity contribution is -0.134. The maximum Gasteiger partial charge on any atom is 0.253 e. The molecule has 0 spiro atoms. The summed E-state index contributed by atoms with van der Waals surface area (Å²) >= 11 is 0. The predicted octanol–water partition coefficient (Wildman–Crippen LogP) is 2.36. The van der Waals surface area contributed by atoms with Crippen LogP contribution >= 0.6 is 0 Å². The minimum Gasteiger partial charge on any atom is -0.367 e. The fourth-order valence-corrected chi connectivity index (χ4v) is 5.03. The molecule has 0 bridgehead atoms. The van der Waals surface area contributed by atoms with Crippen LogP contribution in [-0.4, -0.2) is 65.1 Å². The van der Waals surface area contributed by atoms with Gasteiger partial charge in [-0.3, -0.25) is 14.4 Å². The van der Waals surface area contributed by atoms with E-state index in [1.165, 1.54) is 0 Å².